The Morgan fingerprint density at radius 1 is 0.974 bits per heavy atom. The monoisotopic (exact) mass is 540 g/mol. The van der Waals surface area contributed by atoms with Gasteiger partial charge in [0.05, 0.1) is 18.2 Å². The van der Waals surface area contributed by atoms with Crippen LogP contribution in [-0.2, 0) is 16.2 Å². The number of aryl methyl sites for hydroxylation is 1. The second-order valence-corrected chi connectivity index (χ2v) is 10.0. The van der Waals surface area contributed by atoms with E-state index in [4.69, 9.17) is 9.47 Å². The van der Waals surface area contributed by atoms with Crippen molar-refractivity contribution in [2.45, 2.75) is 32.9 Å². The highest BCUT2D eigenvalue weighted by atomic mass is 32.1. The molecule has 0 radical (unpaired) electrons. The van der Waals surface area contributed by atoms with Gasteiger partial charge in [-0.05, 0) is 66.4 Å². The average molecular weight is 541 g/mol. The topological polar surface area (TPSA) is 89.0 Å². The number of ether oxygens (including phenoxy) is 2. The minimum absolute atomic E-state index is 0.00556. The first kappa shape index (κ1) is 26.2. The summed E-state index contributed by atoms with van der Waals surface area (Å²) in [6, 6.07) is 21.2. The fraction of sp³-hybridized carbons (Fsp3) is 0.194. The van der Waals surface area contributed by atoms with Crippen molar-refractivity contribution in [3.63, 3.8) is 0 Å². The van der Waals surface area contributed by atoms with Crippen molar-refractivity contribution in [2.24, 2.45) is 0 Å². The normalized spacial score (nSPS) is 16.5. The molecule has 8 heteroatoms. The highest BCUT2D eigenvalue weighted by Crippen LogP contribution is 2.43. The van der Waals surface area contributed by atoms with Crippen molar-refractivity contribution in [2.75, 3.05) is 11.5 Å². The summed E-state index contributed by atoms with van der Waals surface area (Å²) in [5, 5.41) is 13.5. The van der Waals surface area contributed by atoms with Crippen LogP contribution in [0.3, 0.4) is 0 Å². The molecular formula is C31H28N2O5S. The van der Waals surface area contributed by atoms with Crippen LogP contribution in [0.25, 0.3) is 5.76 Å². The lowest BCUT2D eigenvalue weighted by Gasteiger charge is -2.23. The zero-order valence-electron chi connectivity index (χ0n) is 21.7. The van der Waals surface area contributed by atoms with Crippen LogP contribution in [0.4, 0.5) is 5.13 Å². The van der Waals surface area contributed by atoms with Gasteiger partial charge in [0.2, 0.25) is 0 Å². The largest absolute Gasteiger partial charge is 0.507 e. The van der Waals surface area contributed by atoms with E-state index in [1.54, 1.807) is 60.1 Å². The number of aliphatic hydroxyl groups is 1. The molecule has 1 aromatic heterocycles. The van der Waals surface area contributed by atoms with Gasteiger partial charge in [0.25, 0.3) is 5.78 Å². The maximum atomic E-state index is 13.3. The molecule has 0 bridgehead atoms. The third kappa shape index (κ3) is 5.42. The molecule has 1 aliphatic heterocycles. The number of aromatic nitrogens is 1. The number of hydrogen-bond acceptors (Lipinski definition) is 7. The van der Waals surface area contributed by atoms with Gasteiger partial charge in [-0.2, -0.15) is 0 Å². The van der Waals surface area contributed by atoms with Gasteiger partial charge < -0.3 is 14.6 Å². The van der Waals surface area contributed by atoms with Gasteiger partial charge in [0, 0.05) is 17.1 Å². The van der Waals surface area contributed by atoms with E-state index >= 15 is 0 Å². The Morgan fingerprint density at radius 2 is 1.67 bits per heavy atom. The molecule has 198 valence electrons. The molecule has 1 unspecified atom stereocenters. The first-order valence-electron chi connectivity index (χ1n) is 12.7. The number of hydrogen-bond donors (Lipinski definition) is 1. The number of thiazole rings is 1. The Hall–Kier alpha value is -4.43. The Labute approximate surface area is 231 Å². The Kier molecular flexibility index (Phi) is 7.74. The van der Waals surface area contributed by atoms with E-state index in [9.17, 15) is 14.7 Å². The molecule has 3 aromatic carbocycles. The van der Waals surface area contributed by atoms with Crippen LogP contribution in [0.1, 0.15) is 41.6 Å². The fourth-order valence-corrected chi connectivity index (χ4v) is 5.11. The quantitative estimate of drug-likeness (QED) is 0.149. The highest BCUT2D eigenvalue weighted by molar-refractivity contribution is 7.14. The summed E-state index contributed by atoms with van der Waals surface area (Å²) in [5.41, 5.74) is 3.29. The molecule has 1 fully saturated rings. The van der Waals surface area contributed by atoms with Crippen molar-refractivity contribution in [1.29, 1.82) is 0 Å². The van der Waals surface area contributed by atoms with Crippen LogP contribution < -0.4 is 14.4 Å². The van der Waals surface area contributed by atoms with Crippen LogP contribution in [-0.4, -0.2) is 28.4 Å². The minimum atomic E-state index is -0.839. The Balaban J connectivity index is 1.47. The average Bonchev–Trinajstić information content (AvgIpc) is 3.58. The van der Waals surface area contributed by atoms with Crippen molar-refractivity contribution >= 4 is 33.9 Å². The molecule has 39 heavy (non-hydrogen) atoms. The van der Waals surface area contributed by atoms with Crippen molar-refractivity contribution in [1.82, 2.24) is 4.98 Å². The third-order valence-electron chi connectivity index (χ3n) is 6.52. The number of Topliss-reactive ketones (excluding diaryl/α,β-unsaturated/α-hetero) is 1. The zero-order valence-corrected chi connectivity index (χ0v) is 22.5. The predicted octanol–water partition coefficient (Wildman–Crippen LogP) is 6.45. The molecular weight excluding hydrogens is 512 g/mol. The summed E-state index contributed by atoms with van der Waals surface area (Å²) in [6.45, 7) is 5.05. The van der Waals surface area contributed by atoms with E-state index < -0.39 is 17.7 Å². The molecule has 0 spiro atoms. The number of rotatable bonds is 9. The summed E-state index contributed by atoms with van der Waals surface area (Å²) in [5.74, 6) is -0.445. The summed E-state index contributed by atoms with van der Waals surface area (Å²) in [4.78, 5) is 32.1. The lowest BCUT2D eigenvalue weighted by atomic mass is 9.95. The first-order valence-corrected chi connectivity index (χ1v) is 13.6. The van der Waals surface area contributed by atoms with Crippen LogP contribution >= 0.6 is 11.3 Å². The number of anilines is 1. The molecule has 0 aliphatic carbocycles. The zero-order chi connectivity index (χ0) is 27.4. The van der Waals surface area contributed by atoms with Crippen molar-refractivity contribution in [3.8, 4) is 11.5 Å². The number of amides is 1. The molecule has 2 heterocycles. The van der Waals surface area contributed by atoms with E-state index in [1.165, 1.54) is 16.2 Å². The molecule has 1 aliphatic rings. The van der Waals surface area contributed by atoms with Gasteiger partial charge in [-0.25, -0.2) is 4.98 Å². The maximum absolute atomic E-state index is 13.3. The summed E-state index contributed by atoms with van der Waals surface area (Å²) in [7, 11) is 0. The smallest absolute Gasteiger partial charge is 0.301 e. The number of carbonyl (C=O) groups is 2. The number of aliphatic hydroxyl groups excluding tert-OH is 1. The van der Waals surface area contributed by atoms with Crippen LogP contribution in [0, 0.1) is 6.92 Å². The lowest BCUT2D eigenvalue weighted by Crippen LogP contribution is -2.29. The van der Waals surface area contributed by atoms with Crippen LogP contribution in [0.5, 0.6) is 11.5 Å². The number of benzene rings is 3. The van der Waals surface area contributed by atoms with E-state index in [0.29, 0.717) is 41.0 Å². The highest BCUT2D eigenvalue weighted by Gasteiger charge is 2.48. The molecule has 1 N–H and O–H groups in total. The molecule has 4 aromatic rings. The first-order chi connectivity index (χ1) is 19.0. The molecule has 1 amide bonds. The second-order valence-electron chi connectivity index (χ2n) is 9.14. The minimum Gasteiger partial charge on any atom is -0.507 e. The van der Waals surface area contributed by atoms with E-state index in [0.717, 1.165) is 17.5 Å². The lowest BCUT2D eigenvalue weighted by molar-refractivity contribution is -0.132. The fourth-order valence-electron chi connectivity index (χ4n) is 4.44. The number of nitrogens with zero attached hydrogens (tertiary/aromatic N) is 2. The van der Waals surface area contributed by atoms with Crippen molar-refractivity contribution < 1.29 is 24.2 Å². The maximum Gasteiger partial charge on any atom is 0.301 e. The number of ketones is 1. The molecule has 1 atom stereocenters. The second kappa shape index (κ2) is 11.5. The SMILES string of the molecule is CCCOc1ccc(C2/C(=C(\O)c3ccc(OCc4ccccc4C)cc3)C(=O)C(=O)N2c2nccs2)cc1. The van der Waals surface area contributed by atoms with Gasteiger partial charge in [-0.15, -0.1) is 11.3 Å². The van der Waals surface area contributed by atoms with E-state index in [1.807, 2.05) is 38.1 Å². The van der Waals surface area contributed by atoms with Gasteiger partial charge in [0.15, 0.2) is 5.13 Å². The summed E-state index contributed by atoms with van der Waals surface area (Å²) >= 11 is 1.25. The van der Waals surface area contributed by atoms with Crippen molar-refractivity contribution in [3.05, 3.63) is 112 Å². The third-order valence-corrected chi connectivity index (χ3v) is 7.29. The summed E-state index contributed by atoms with van der Waals surface area (Å²) < 4.78 is 11.6. The predicted molar refractivity (Wildman–Crippen MR) is 151 cm³/mol. The van der Waals surface area contributed by atoms with Crippen LogP contribution in [0.2, 0.25) is 0 Å². The molecule has 0 saturated carbocycles. The Morgan fingerprint density at radius 3 is 2.33 bits per heavy atom. The van der Waals surface area contributed by atoms with E-state index in [2.05, 4.69) is 4.98 Å². The Bertz CT molecular complexity index is 1490. The molecule has 1 saturated heterocycles. The van der Waals surface area contributed by atoms with Gasteiger partial charge in [0.1, 0.15) is 23.9 Å². The summed E-state index contributed by atoms with van der Waals surface area (Å²) in [6.07, 6.45) is 2.45. The molecule has 7 nitrogen and oxygen atoms in total. The standard InChI is InChI=1S/C31H28N2O5S/c1-3-17-37-24-12-8-21(9-13-24)27-26(29(35)30(36)33(27)31-32-16-18-39-31)28(34)22-10-14-25(15-11-22)38-19-23-7-5-4-6-20(23)2/h4-16,18,27,34H,3,17,19H2,1-2H3/b28-26+. The van der Waals surface area contributed by atoms with Gasteiger partial charge in [-0.3, -0.25) is 14.5 Å². The van der Waals surface area contributed by atoms with E-state index in [-0.39, 0.29) is 11.3 Å². The van der Waals surface area contributed by atoms with Crippen LogP contribution in [0.15, 0.2) is 89.9 Å². The number of carbonyl (C=O) groups excluding carboxylic acids is 2. The van der Waals surface area contributed by atoms with Gasteiger partial charge >= 0.3 is 5.91 Å². The van der Waals surface area contributed by atoms with Gasteiger partial charge in [-0.1, -0.05) is 43.3 Å². The molecule has 5 rings (SSSR count).